The van der Waals surface area contributed by atoms with Gasteiger partial charge < -0.3 is 15.3 Å². The van der Waals surface area contributed by atoms with E-state index in [0.717, 1.165) is 19.3 Å². The van der Waals surface area contributed by atoms with Crippen molar-refractivity contribution in [3.8, 4) is 0 Å². The van der Waals surface area contributed by atoms with Crippen molar-refractivity contribution in [1.29, 1.82) is 0 Å². The van der Waals surface area contributed by atoms with E-state index in [1.807, 2.05) is 0 Å². The first kappa shape index (κ1) is 38.1. The van der Waals surface area contributed by atoms with Crippen LogP contribution in [0.15, 0.2) is 12.2 Å². The molecule has 7 nitrogen and oxygen atoms in total. The van der Waals surface area contributed by atoms with E-state index in [2.05, 4.69) is 19.1 Å². The van der Waals surface area contributed by atoms with Gasteiger partial charge in [0.1, 0.15) is 0 Å². The van der Waals surface area contributed by atoms with E-state index in [9.17, 15) is 29.7 Å². The van der Waals surface area contributed by atoms with E-state index in [1.165, 1.54) is 83.5 Å². The Hall–Kier alpha value is -1.89. The summed E-state index contributed by atoms with van der Waals surface area (Å²) in [6, 6.07) is -3.18. The van der Waals surface area contributed by atoms with Gasteiger partial charge in [0, 0.05) is 19.3 Å². The van der Waals surface area contributed by atoms with E-state index in [-0.39, 0.29) is 25.8 Å². The second kappa shape index (κ2) is 23.8. The summed E-state index contributed by atoms with van der Waals surface area (Å²) in [5, 5.41) is 30.0. The lowest BCUT2D eigenvalue weighted by molar-refractivity contribution is -0.973. The number of rotatable bonds is 28. The largest absolute Gasteiger partial charge is 0.477 e. The van der Waals surface area contributed by atoms with Crippen molar-refractivity contribution >= 4 is 17.9 Å². The molecule has 0 saturated heterocycles. The van der Waals surface area contributed by atoms with Gasteiger partial charge in [-0.1, -0.05) is 110 Å². The topological polar surface area (TPSA) is 112 Å². The zero-order chi connectivity index (χ0) is 30.2. The van der Waals surface area contributed by atoms with Crippen LogP contribution in [0.25, 0.3) is 0 Å². The summed E-state index contributed by atoms with van der Waals surface area (Å²) in [6.07, 6.45) is 25.5. The predicted octanol–water partition coefficient (Wildman–Crippen LogP) is 8.60. The van der Waals surface area contributed by atoms with Crippen LogP contribution in [0, 0.1) is 0 Å². The Balaban J connectivity index is 4.49. The summed E-state index contributed by atoms with van der Waals surface area (Å²) in [7, 11) is 0. The standard InChI is InChI=1S/C33H61NO6/c1-5-9-10-11-12-13-14-15-16-17-18-19-20-21-22-23-24-25-26-27-34(28(6-2)31(35)36,29(7-3)32(37)38)30(8-4)33(39)40/h12-13,28-30H,5-11,14-27H2,1-4H3,(H2-,35,36,37,38,39,40)/p+1/b13-12+. The van der Waals surface area contributed by atoms with Gasteiger partial charge in [0.05, 0.1) is 6.54 Å². The molecule has 7 heteroatoms. The molecular weight excluding hydrogens is 506 g/mol. The predicted molar refractivity (Wildman–Crippen MR) is 164 cm³/mol. The van der Waals surface area contributed by atoms with Crippen molar-refractivity contribution in [2.75, 3.05) is 6.54 Å². The monoisotopic (exact) mass is 568 g/mol. The molecule has 3 unspecified atom stereocenters. The van der Waals surface area contributed by atoms with Gasteiger partial charge in [-0.05, 0) is 38.5 Å². The second-order valence-electron chi connectivity index (χ2n) is 11.5. The summed E-state index contributed by atoms with van der Waals surface area (Å²) >= 11 is 0. The fourth-order valence-electron chi connectivity index (χ4n) is 6.44. The minimum atomic E-state index is -1.11. The SMILES string of the molecule is CCCCC/C=C/CCCCCCCCCCCCCC[N+](C(CC)C(=O)O)(C(CC)C(=O)O)C(CC)C(=O)O. The van der Waals surface area contributed by atoms with Crippen molar-refractivity contribution in [2.24, 2.45) is 0 Å². The number of hydrogen-bond acceptors (Lipinski definition) is 3. The van der Waals surface area contributed by atoms with Crippen LogP contribution in [0.2, 0.25) is 0 Å². The molecule has 0 aliphatic heterocycles. The Morgan fingerprint density at radius 3 is 1.10 bits per heavy atom. The van der Waals surface area contributed by atoms with Crippen molar-refractivity contribution in [2.45, 2.75) is 174 Å². The molecule has 0 fully saturated rings. The third-order valence-electron chi connectivity index (χ3n) is 8.56. The van der Waals surface area contributed by atoms with Gasteiger partial charge >= 0.3 is 17.9 Å². The average Bonchev–Trinajstić information content (AvgIpc) is 2.90. The number of quaternary nitrogens is 1. The number of hydrogen-bond donors (Lipinski definition) is 3. The van der Waals surface area contributed by atoms with Gasteiger partial charge in [0.2, 0.25) is 0 Å². The third kappa shape index (κ3) is 14.1. The summed E-state index contributed by atoms with van der Waals surface area (Å²) in [5.74, 6) is -3.34. The summed E-state index contributed by atoms with van der Waals surface area (Å²) < 4.78 is -0.404. The smallest absolute Gasteiger partial charge is 0.362 e. The molecule has 234 valence electrons. The minimum absolute atomic E-state index is 0.194. The molecule has 0 aromatic rings. The number of carboxylic acid groups (broad SMARTS) is 3. The molecule has 0 rings (SSSR count). The molecule has 0 amide bonds. The first-order chi connectivity index (χ1) is 19.2. The number of aliphatic carboxylic acids is 3. The fourth-order valence-corrected chi connectivity index (χ4v) is 6.44. The van der Waals surface area contributed by atoms with Crippen LogP contribution in [0.5, 0.6) is 0 Å². The number of unbranched alkanes of at least 4 members (excludes halogenated alkanes) is 15. The molecule has 0 bridgehead atoms. The summed E-state index contributed by atoms with van der Waals surface area (Å²) in [6.45, 7) is 7.63. The van der Waals surface area contributed by atoms with Crippen molar-refractivity contribution in [3.05, 3.63) is 12.2 Å². The Morgan fingerprint density at radius 1 is 0.500 bits per heavy atom. The van der Waals surface area contributed by atoms with Crippen molar-refractivity contribution in [3.63, 3.8) is 0 Å². The van der Waals surface area contributed by atoms with E-state index in [1.54, 1.807) is 20.8 Å². The molecule has 0 aromatic heterocycles. The van der Waals surface area contributed by atoms with Gasteiger partial charge in [0.25, 0.3) is 0 Å². The highest BCUT2D eigenvalue weighted by Gasteiger charge is 2.55. The van der Waals surface area contributed by atoms with E-state index < -0.39 is 40.5 Å². The Bertz CT molecular complexity index is 652. The molecule has 0 aromatic carbocycles. The van der Waals surface area contributed by atoms with Gasteiger partial charge in [-0.3, -0.25) is 4.48 Å². The van der Waals surface area contributed by atoms with E-state index in [0.29, 0.717) is 6.42 Å². The van der Waals surface area contributed by atoms with Gasteiger partial charge in [-0.25, -0.2) is 14.4 Å². The number of nitrogens with zero attached hydrogens (tertiary/aromatic N) is 1. The van der Waals surface area contributed by atoms with E-state index in [4.69, 9.17) is 0 Å². The summed E-state index contributed by atoms with van der Waals surface area (Å²) in [4.78, 5) is 36.8. The quantitative estimate of drug-likeness (QED) is 0.0495. The lowest BCUT2D eigenvalue weighted by Crippen LogP contribution is -2.72. The van der Waals surface area contributed by atoms with Crippen LogP contribution in [0.4, 0.5) is 0 Å². The molecule has 0 spiro atoms. The number of allylic oxidation sites excluding steroid dienone is 2. The Kier molecular flexibility index (Phi) is 22.7. The highest BCUT2D eigenvalue weighted by Crippen LogP contribution is 2.32. The number of carbonyl (C=O) groups is 3. The molecule has 3 N–H and O–H groups in total. The maximum Gasteiger partial charge on any atom is 0.362 e. The molecule has 0 aliphatic rings. The summed E-state index contributed by atoms with van der Waals surface area (Å²) in [5.41, 5.74) is 0. The lowest BCUT2D eigenvalue weighted by atomic mass is 9.93. The lowest BCUT2D eigenvalue weighted by Gasteiger charge is -2.49. The van der Waals surface area contributed by atoms with Crippen LogP contribution in [0.3, 0.4) is 0 Å². The van der Waals surface area contributed by atoms with Gasteiger partial charge in [-0.2, -0.15) is 0 Å². The Morgan fingerprint density at radius 2 is 0.800 bits per heavy atom. The maximum absolute atomic E-state index is 12.3. The number of carboxylic acids is 3. The van der Waals surface area contributed by atoms with Gasteiger partial charge in [-0.15, -0.1) is 0 Å². The first-order valence-electron chi connectivity index (χ1n) is 16.4. The minimum Gasteiger partial charge on any atom is -0.477 e. The molecule has 40 heavy (non-hydrogen) atoms. The van der Waals surface area contributed by atoms with Crippen molar-refractivity contribution < 1.29 is 34.2 Å². The van der Waals surface area contributed by atoms with Crippen molar-refractivity contribution in [1.82, 2.24) is 0 Å². The molecule has 0 aliphatic carbocycles. The van der Waals surface area contributed by atoms with Crippen LogP contribution in [-0.4, -0.2) is 62.4 Å². The zero-order valence-corrected chi connectivity index (χ0v) is 26.2. The highest BCUT2D eigenvalue weighted by molar-refractivity contribution is 5.78. The molecule has 0 radical (unpaired) electrons. The van der Waals surface area contributed by atoms with Crippen LogP contribution in [0.1, 0.15) is 156 Å². The van der Waals surface area contributed by atoms with Crippen LogP contribution >= 0.6 is 0 Å². The van der Waals surface area contributed by atoms with E-state index >= 15 is 0 Å². The average molecular weight is 569 g/mol. The second-order valence-corrected chi connectivity index (χ2v) is 11.5. The first-order valence-corrected chi connectivity index (χ1v) is 16.4. The van der Waals surface area contributed by atoms with Crippen LogP contribution in [-0.2, 0) is 14.4 Å². The normalized spacial score (nSPS) is 15.5. The Labute approximate surface area is 245 Å². The molecule has 3 atom stereocenters. The zero-order valence-electron chi connectivity index (χ0n) is 26.2. The molecular formula is C33H62NO6+. The van der Waals surface area contributed by atoms with Crippen LogP contribution < -0.4 is 0 Å². The maximum atomic E-state index is 12.3. The fraction of sp³-hybridized carbons (Fsp3) is 0.848. The van der Waals surface area contributed by atoms with Gasteiger partial charge in [0.15, 0.2) is 18.1 Å². The molecule has 0 heterocycles. The third-order valence-corrected chi connectivity index (χ3v) is 8.56. The molecule has 0 saturated carbocycles. The highest BCUT2D eigenvalue weighted by atomic mass is 16.4.